The topological polar surface area (TPSA) is 23.1 Å². The van der Waals surface area contributed by atoms with E-state index in [1.165, 1.54) is 0 Å². The normalized spacial score (nSPS) is 15.5. The van der Waals surface area contributed by atoms with Crippen molar-refractivity contribution >= 4 is 0 Å². The van der Waals surface area contributed by atoms with E-state index in [0.717, 1.165) is 0 Å². The molecule has 0 fully saturated rings. The van der Waals surface area contributed by atoms with Crippen LogP contribution in [0.3, 0.4) is 0 Å². The number of alkyl halides is 6. The van der Waals surface area contributed by atoms with Crippen molar-refractivity contribution in [2.24, 2.45) is 0 Å². The molecule has 0 aliphatic heterocycles. The molecule has 0 N–H and O–H groups in total. The first-order chi connectivity index (χ1) is 4.19. The molecule has 0 saturated heterocycles. The summed E-state index contributed by atoms with van der Waals surface area (Å²) in [7, 11) is 0. The summed E-state index contributed by atoms with van der Waals surface area (Å²) in [5, 5.41) is 9.06. The van der Waals surface area contributed by atoms with Crippen LogP contribution in [0.4, 0.5) is 26.3 Å². The van der Waals surface area contributed by atoms with E-state index in [0.29, 0.717) is 0 Å². The van der Waals surface area contributed by atoms with Crippen molar-refractivity contribution in [2.75, 3.05) is 0 Å². The maximum Gasteiger partial charge on any atom is 1.00 e. The van der Waals surface area contributed by atoms with Gasteiger partial charge < -0.3 is 5.11 Å². The number of hydrogen-bond donors (Lipinski definition) is 0. The first-order valence-electron chi connectivity index (χ1n) is 1.94. The van der Waals surface area contributed by atoms with Crippen LogP contribution in [-0.2, 0) is 0 Å². The van der Waals surface area contributed by atoms with Gasteiger partial charge in [-0.3, -0.25) is 4.39 Å². The summed E-state index contributed by atoms with van der Waals surface area (Å²) in [6.07, 6.45) is -10.6. The van der Waals surface area contributed by atoms with Gasteiger partial charge in [0.15, 0.2) is 0 Å². The van der Waals surface area contributed by atoms with Crippen LogP contribution in [0.1, 0.15) is 0 Å². The van der Waals surface area contributed by atoms with E-state index >= 15 is 0 Å². The van der Waals surface area contributed by atoms with Gasteiger partial charge in [0, 0.05) is 0 Å². The fourth-order valence-corrected chi connectivity index (χ4v) is 0.129. The zero-order chi connectivity index (χ0) is 8.58. The van der Waals surface area contributed by atoms with Gasteiger partial charge in [0.05, 0.1) is 0 Å². The predicted octanol–water partition coefficient (Wildman–Crippen LogP) is -2.16. The Bertz CT molecular complexity index is 119. The van der Waals surface area contributed by atoms with Crippen molar-refractivity contribution in [1.29, 1.82) is 0 Å². The molecule has 0 aromatic carbocycles. The molecule has 0 heterocycles. The summed E-state index contributed by atoms with van der Waals surface area (Å²) in [6.45, 7) is 0. The van der Waals surface area contributed by atoms with Crippen LogP contribution in [0.2, 0.25) is 0 Å². The molecular formula is C3HF6NaO. The second kappa shape index (κ2) is 3.97. The van der Waals surface area contributed by atoms with Crippen molar-refractivity contribution in [3.05, 3.63) is 0 Å². The zero-order valence-electron chi connectivity index (χ0n) is 5.25. The molecule has 11 heavy (non-hydrogen) atoms. The molecule has 8 heteroatoms. The van der Waals surface area contributed by atoms with Crippen LogP contribution < -0.4 is 34.7 Å². The Hall–Kier alpha value is 0.540. The van der Waals surface area contributed by atoms with E-state index in [4.69, 9.17) is 5.11 Å². The Balaban J connectivity index is 0. The monoisotopic (exact) mass is 190 g/mol. The van der Waals surface area contributed by atoms with Gasteiger partial charge in [-0.1, -0.05) is 0 Å². The Morgan fingerprint density at radius 2 is 1.27 bits per heavy atom. The quantitative estimate of drug-likeness (QED) is 0.341. The van der Waals surface area contributed by atoms with Gasteiger partial charge in [-0.2, -0.15) is 22.0 Å². The molecular weight excluding hydrogens is 189 g/mol. The number of rotatable bonds is 1. The number of halogens is 6. The van der Waals surface area contributed by atoms with E-state index in [9.17, 15) is 26.3 Å². The van der Waals surface area contributed by atoms with Crippen LogP contribution in [-0.4, -0.2) is 18.5 Å². The standard InChI is InChI=1S/C3HF6O.Na/c4-1(10)2(5,6)3(7,8)9;/h1H;/q-1;+1. The van der Waals surface area contributed by atoms with Crippen molar-refractivity contribution in [3.63, 3.8) is 0 Å². The minimum atomic E-state index is -6.10. The summed E-state index contributed by atoms with van der Waals surface area (Å²) in [5.41, 5.74) is 0. The maximum atomic E-state index is 11.2. The van der Waals surface area contributed by atoms with Gasteiger partial charge in [-0.15, -0.1) is 0 Å². The van der Waals surface area contributed by atoms with Gasteiger partial charge in [-0.25, -0.2) is 0 Å². The molecule has 62 valence electrons. The van der Waals surface area contributed by atoms with Gasteiger partial charge in [-0.05, 0) is 0 Å². The Morgan fingerprint density at radius 1 is 1.00 bits per heavy atom. The Labute approximate surface area is 79.7 Å². The van der Waals surface area contributed by atoms with E-state index in [2.05, 4.69) is 0 Å². The van der Waals surface area contributed by atoms with E-state index in [-0.39, 0.29) is 29.6 Å². The van der Waals surface area contributed by atoms with Crippen LogP contribution >= 0.6 is 0 Å². The molecule has 0 aromatic heterocycles. The van der Waals surface area contributed by atoms with Crippen LogP contribution in [0, 0.1) is 0 Å². The Morgan fingerprint density at radius 3 is 1.27 bits per heavy atom. The molecule has 0 rings (SSSR count). The average Bonchev–Trinajstić information content (AvgIpc) is 1.62. The maximum absolute atomic E-state index is 11.2. The van der Waals surface area contributed by atoms with Gasteiger partial charge >= 0.3 is 41.7 Å². The molecule has 1 atom stereocenters. The number of hydrogen-bond acceptors (Lipinski definition) is 1. The van der Waals surface area contributed by atoms with E-state index in [1.807, 2.05) is 0 Å². The van der Waals surface area contributed by atoms with E-state index in [1.54, 1.807) is 0 Å². The molecule has 0 aliphatic carbocycles. The Kier molecular flexibility index (Phi) is 5.09. The van der Waals surface area contributed by atoms with E-state index < -0.39 is 18.5 Å². The molecule has 1 nitrogen and oxygen atoms in total. The summed E-state index contributed by atoms with van der Waals surface area (Å²) in [4.78, 5) is 0. The molecule has 0 aliphatic rings. The first kappa shape index (κ1) is 14.1. The largest absolute Gasteiger partial charge is 1.00 e. The minimum Gasteiger partial charge on any atom is -0.822 e. The van der Waals surface area contributed by atoms with Crippen molar-refractivity contribution in [2.45, 2.75) is 18.5 Å². The summed E-state index contributed by atoms with van der Waals surface area (Å²) >= 11 is 0. The van der Waals surface area contributed by atoms with Crippen LogP contribution in [0.15, 0.2) is 0 Å². The summed E-state index contributed by atoms with van der Waals surface area (Å²) < 4.78 is 66.1. The van der Waals surface area contributed by atoms with Gasteiger partial charge in [0.1, 0.15) is 6.36 Å². The molecule has 0 radical (unpaired) electrons. The third-order valence-corrected chi connectivity index (χ3v) is 0.663. The molecule has 0 amide bonds. The molecule has 0 bridgehead atoms. The first-order valence-corrected chi connectivity index (χ1v) is 1.94. The molecule has 0 aromatic rings. The van der Waals surface area contributed by atoms with Crippen LogP contribution in [0.25, 0.3) is 0 Å². The zero-order valence-corrected chi connectivity index (χ0v) is 7.25. The van der Waals surface area contributed by atoms with Crippen molar-refractivity contribution in [1.82, 2.24) is 0 Å². The predicted molar refractivity (Wildman–Crippen MR) is 15.9 cm³/mol. The van der Waals surface area contributed by atoms with Crippen LogP contribution in [0.5, 0.6) is 0 Å². The van der Waals surface area contributed by atoms with Gasteiger partial charge in [0.2, 0.25) is 0 Å². The minimum absolute atomic E-state index is 0. The second-order valence-electron chi connectivity index (χ2n) is 1.44. The second-order valence-corrected chi connectivity index (χ2v) is 1.44. The van der Waals surface area contributed by atoms with Crippen molar-refractivity contribution < 1.29 is 61.0 Å². The van der Waals surface area contributed by atoms with Crippen molar-refractivity contribution in [3.8, 4) is 0 Å². The van der Waals surface area contributed by atoms with Gasteiger partial charge in [0.25, 0.3) is 0 Å². The third kappa shape index (κ3) is 3.18. The smallest absolute Gasteiger partial charge is 0.822 e. The third-order valence-electron chi connectivity index (χ3n) is 0.663. The summed E-state index contributed by atoms with van der Waals surface area (Å²) in [6, 6.07) is 0. The SMILES string of the molecule is [Na+].[O-]C(F)C(F)(F)C(F)(F)F. The molecule has 0 spiro atoms. The summed E-state index contributed by atoms with van der Waals surface area (Å²) in [5.74, 6) is -5.78. The fourth-order valence-electron chi connectivity index (χ4n) is 0.129. The molecule has 1 unspecified atom stereocenters. The molecule has 0 saturated carbocycles. The average molecular weight is 190 g/mol. The fraction of sp³-hybridized carbons (Fsp3) is 1.00.